The molecule has 5 aromatic rings. The van der Waals surface area contributed by atoms with Gasteiger partial charge in [-0.15, -0.1) is 0 Å². The van der Waals surface area contributed by atoms with E-state index in [9.17, 15) is 14.4 Å². The molecular weight excluding hydrogens is 881 g/mol. The van der Waals surface area contributed by atoms with E-state index in [1.807, 2.05) is 68.1 Å². The maximum absolute atomic E-state index is 13.9. The number of aromatic nitrogens is 5. The quantitative estimate of drug-likeness (QED) is 0.125. The second-order valence-corrected chi connectivity index (χ2v) is 18.5. The summed E-state index contributed by atoms with van der Waals surface area (Å²) in [6, 6.07) is 17.1. The molecule has 4 fully saturated rings. The normalized spacial score (nSPS) is 19.4. The summed E-state index contributed by atoms with van der Waals surface area (Å²) in [4.78, 5) is 65.5. The van der Waals surface area contributed by atoms with Crippen LogP contribution in [0.15, 0.2) is 67.0 Å². The average Bonchev–Trinajstić information content (AvgIpc) is 3.90. The lowest BCUT2D eigenvalue weighted by molar-refractivity contribution is -0.137. The number of carbonyl (C=O) groups is 3. The molecule has 4 aliphatic rings. The van der Waals surface area contributed by atoms with Gasteiger partial charge in [0, 0.05) is 53.7 Å². The zero-order valence-corrected chi connectivity index (χ0v) is 41.3. The van der Waals surface area contributed by atoms with Crippen molar-refractivity contribution in [3.63, 3.8) is 0 Å². The highest BCUT2D eigenvalue weighted by molar-refractivity contribution is 7.59. The first-order valence-corrected chi connectivity index (χ1v) is 21.4. The minimum Gasteiger partial charge on any atom is -0.453 e. The first-order valence-electron chi connectivity index (χ1n) is 21.4. The standard InChI is InChI=1S/C48H54N8O4.4H2S/c1-28(2)30(5)44(57)55-26-47(17-18-47)25-38(55)43-52-40(41(53-43)34-15-21-49-22-16-34)33-12-9-31(10-13-33)7-8-32-11-14-35-36(23-32)51-42(50-35)37-24-48(19-20-48)27-56(37)45(58)39(29(3)4)54-46(59)60-6;;;;/h9-16,21-23,28-30,37-39H,17-20,24-27H2,1-6H3,(H,50,51)(H,52,53)(H,54,59);4*1H2/t30-,37-,38-,39-;;;;/m0..../s1. The lowest BCUT2D eigenvalue weighted by Gasteiger charge is -2.30. The van der Waals surface area contributed by atoms with E-state index in [1.165, 1.54) is 7.11 Å². The lowest BCUT2D eigenvalue weighted by atomic mass is 9.96. The number of carbonyl (C=O) groups excluding carboxylic acids is 3. The van der Waals surface area contributed by atoms with E-state index in [2.05, 4.69) is 63.0 Å². The lowest BCUT2D eigenvalue weighted by Crippen LogP contribution is -2.51. The second kappa shape index (κ2) is 19.9. The van der Waals surface area contributed by atoms with Crippen LogP contribution in [0.25, 0.3) is 33.5 Å². The Kier molecular flexibility index (Phi) is 15.7. The third kappa shape index (κ3) is 9.97. The number of aromatic amines is 2. The number of ether oxygens (including phenoxy) is 1. The summed E-state index contributed by atoms with van der Waals surface area (Å²) in [7, 11) is 1.31. The molecule has 64 heavy (non-hydrogen) atoms. The number of imidazole rings is 2. The fraction of sp³-hybridized carbons (Fsp3) is 0.458. The van der Waals surface area contributed by atoms with E-state index in [1.54, 1.807) is 12.4 Å². The van der Waals surface area contributed by atoms with Gasteiger partial charge in [0.2, 0.25) is 11.8 Å². The Bertz CT molecular complexity index is 2520. The number of nitrogens with one attached hydrogen (secondary N) is 3. The number of benzene rings is 2. The summed E-state index contributed by atoms with van der Waals surface area (Å²) < 4.78 is 4.83. The number of amides is 3. The number of hydrogen-bond acceptors (Lipinski definition) is 7. The SMILES string of the molecule is COC(=O)N[C@H](C(=O)N1CC2(CC2)C[C@H]1c1nc2ccc(C#Cc3ccc(-c4nc([C@@H]5CC6(CC6)CN5C(=O)[C@@H](C)C(C)C)[nH]c4-c4ccncc4)cc3)cc2[nH]1)C(C)C.S.S.S.S. The molecule has 342 valence electrons. The second-order valence-electron chi connectivity index (χ2n) is 18.5. The molecule has 2 saturated carbocycles. The number of fused-ring (bicyclic) bond motifs is 1. The Morgan fingerprint density at radius 1 is 0.719 bits per heavy atom. The molecular formula is C48H62N8O4S4. The maximum Gasteiger partial charge on any atom is 0.407 e. The summed E-state index contributed by atoms with van der Waals surface area (Å²) >= 11 is 0. The van der Waals surface area contributed by atoms with Gasteiger partial charge in [-0.2, -0.15) is 54.0 Å². The summed E-state index contributed by atoms with van der Waals surface area (Å²) in [5, 5.41) is 2.75. The van der Waals surface area contributed by atoms with Crippen molar-refractivity contribution in [3.05, 3.63) is 89.8 Å². The third-order valence-electron chi connectivity index (χ3n) is 13.6. The number of methoxy groups -OCH3 is 1. The van der Waals surface area contributed by atoms with E-state index in [0.29, 0.717) is 6.54 Å². The summed E-state index contributed by atoms with van der Waals surface area (Å²) in [5.41, 5.74) is 7.41. The van der Waals surface area contributed by atoms with Crippen LogP contribution in [-0.4, -0.2) is 78.9 Å². The van der Waals surface area contributed by atoms with Crippen molar-refractivity contribution < 1.29 is 19.1 Å². The van der Waals surface area contributed by atoms with Crippen LogP contribution in [0.5, 0.6) is 0 Å². The van der Waals surface area contributed by atoms with Gasteiger partial charge in [0.25, 0.3) is 0 Å². The molecule has 0 unspecified atom stereocenters. The van der Waals surface area contributed by atoms with Crippen LogP contribution in [0.3, 0.4) is 0 Å². The van der Waals surface area contributed by atoms with Crippen molar-refractivity contribution in [2.24, 2.45) is 28.6 Å². The van der Waals surface area contributed by atoms with Gasteiger partial charge in [0.05, 0.1) is 41.6 Å². The largest absolute Gasteiger partial charge is 0.453 e. The van der Waals surface area contributed by atoms with Crippen LogP contribution < -0.4 is 5.32 Å². The molecule has 4 atom stereocenters. The van der Waals surface area contributed by atoms with Gasteiger partial charge >= 0.3 is 6.09 Å². The molecule has 2 aliphatic heterocycles. The van der Waals surface area contributed by atoms with E-state index in [-0.39, 0.29) is 106 Å². The topological polar surface area (TPSA) is 149 Å². The van der Waals surface area contributed by atoms with Crippen molar-refractivity contribution in [1.82, 2.24) is 40.0 Å². The molecule has 2 aromatic carbocycles. The van der Waals surface area contributed by atoms with Gasteiger partial charge in [-0.05, 0) is 104 Å². The first kappa shape index (κ1) is 50.4. The molecule has 2 aliphatic carbocycles. The Morgan fingerprint density at radius 2 is 1.28 bits per heavy atom. The van der Waals surface area contributed by atoms with Crippen molar-refractivity contribution in [1.29, 1.82) is 0 Å². The molecule has 2 spiro atoms. The van der Waals surface area contributed by atoms with Gasteiger partial charge in [-0.25, -0.2) is 14.8 Å². The van der Waals surface area contributed by atoms with E-state index in [0.717, 1.165) is 101 Å². The van der Waals surface area contributed by atoms with Crippen molar-refractivity contribution >= 4 is 82.9 Å². The van der Waals surface area contributed by atoms with E-state index < -0.39 is 12.1 Å². The van der Waals surface area contributed by atoms with Crippen LogP contribution >= 0.6 is 54.0 Å². The minimum absolute atomic E-state index is 0. The number of likely N-dealkylation sites (tertiary alicyclic amines) is 2. The molecule has 5 heterocycles. The summed E-state index contributed by atoms with van der Waals surface area (Å²) in [6.07, 6.45) is 9.22. The van der Waals surface area contributed by atoms with Gasteiger partial charge in [0.1, 0.15) is 17.7 Å². The number of H-pyrrole nitrogens is 2. The Balaban J connectivity index is 0.00000193. The van der Waals surface area contributed by atoms with Gasteiger partial charge in [-0.1, -0.05) is 58.6 Å². The fourth-order valence-electron chi connectivity index (χ4n) is 9.17. The van der Waals surface area contributed by atoms with Crippen molar-refractivity contribution in [2.75, 3.05) is 20.2 Å². The number of hydrogen-bond donors (Lipinski definition) is 3. The molecule has 0 bridgehead atoms. The van der Waals surface area contributed by atoms with Gasteiger partial charge < -0.3 is 29.8 Å². The molecule has 3 aromatic heterocycles. The molecule has 9 rings (SSSR count). The Morgan fingerprint density at radius 3 is 1.84 bits per heavy atom. The molecule has 0 radical (unpaired) electrons. The van der Waals surface area contributed by atoms with Crippen molar-refractivity contribution in [2.45, 2.75) is 91.3 Å². The van der Waals surface area contributed by atoms with E-state index >= 15 is 0 Å². The number of pyridine rings is 1. The highest BCUT2D eigenvalue weighted by atomic mass is 32.1. The smallest absolute Gasteiger partial charge is 0.407 e. The maximum atomic E-state index is 13.9. The molecule has 12 nitrogen and oxygen atoms in total. The highest BCUT2D eigenvalue weighted by Crippen LogP contribution is 2.59. The zero-order chi connectivity index (χ0) is 41.9. The Hall–Kier alpha value is -4.56. The van der Waals surface area contributed by atoms with Crippen LogP contribution in [-0.2, 0) is 14.3 Å². The van der Waals surface area contributed by atoms with E-state index in [4.69, 9.17) is 14.7 Å². The van der Waals surface area contributed by atoms with Crippen LogP contribution in [0, 0.1) is 40.4 Å². The number of alkyl carbamates (subject to hydrolysis) is 1. The number of nitrogens with zero attached hydrogens (tertiary/aromatic N) is 5. The minimum atomic E-state index is -0.692. The van der Waals surface area contributed by atoms with Gasteiger partial charge in [0.15, 0.2) is 0 Å². The van der Waals surface area contributed by atoms with Gasteiger partial charge in [-0.3, -0.25) is 14.6 Å². The highest BCUT2D eigenvalue weighted by Gasteiger charge is 2.56. The molecule has 3 N–H and O–H groups in total. The number of rotatable bonds is 9. The molecule has 2 saturated heterocycles. The zero-order valence-electron chi connectivity index (χ0n) is 37.3. The monoisotopic (exact) mass is 942 g/mol. The third-order valence-corrected chi connectivity index (χ3v) is 13.6. The predicted molar refractivity (Wildman–Crippen MR) is 270 cm³/mol. The van der Waals surface area contributed by atoms with Crippen LogP contribution in [0.2, 0.25) is 0 Å². The molecule has 16 heteroatoms. The fourth-order valence-corrected chi connectivity index (χ4v) is 9.17. The average molecular weight is 943 g/mol. The van der Waals surface area contributed by atoms with Crippen LogP contribution in [0.4, 0.5) is 4.79 Å². The molecule has 3 amide bonds. The predicted octanol–water partition coefficient (Wildman–Crippen LogP) is 8.65. The Labute approximate surface area is 404 Å². The van der Waals surface area contributed by atoms with Crippen molar-refractivity contribution in [3.8, 4) is 34.4 Å². The summed E-state index contributed by atoms with van der Waals surface area (Å²) in [5.74, 6) is 8.46. The van der Waals surface area contributed by atoms with Crippen LogP contribution in [0.1, 0.15) is 108 Å². The summed E-state index contributed by atoms with van der Waals surface area (Å²) in [6.45, 7) is 11.6. The first-order chi connectivity index (χ1) is 28.8.